The molecule has 6 heteroatoms. The number of aryl methyl sites for hydroxylation is 1. The first-order chi connectivity index (χ1) is 8.16. The van der Waals surface area contributed by atoms with Crippen molar-refractivity contribution in [3.05, 3.63) is 46.9 Å². The molecule has 2 aromatic heterocycles. The highest BCUT2D eigenvalue weighted by atomic mass is 35.5. The molecule has 0 spiro atoms. The highest BCUT2D eigenvalue weighted by molar-refractivity contribution is 6.28. The Balaban J connectivity index is 2.12. The fourth-order valence-electron chi connectivity index (χ4n) is 1.35. The van der Waals surface area contributed by atoms with Crippen LogP contribution in [0.15, 0.2) is 24.7 Å². The second-order valence-electron chi connectivity index (χ2n) is 3.49. The number of pyridine rings is 1. The van der Waals surface area contributed by atoms with Gasteiger partial charge in [-0.1, -0.05) is 0 Å². The molecule has 0 saturated heterocycles. The maximum atomic E-state index is 13.3. The maximum absolute atomic E-state index is 13.3. The van der Waals surface area contributed by atoms with Crippen LogP contribution in [0.25, 0.3) is 0 Å². The first kappa shape index (κ1) is 11.7. The van der Waals surface area contributed by atoms with Crippen LogP contribution >= 0.6 is 11.6 Å². The van der Waals surface area contributed by atoms with Crippen molar-refractivity contribution in [1.82, 2.24) is 15.0 Å². The van der Waals surface area contributed by atoms with Gasteiger partial charge in [-0.15, -0.1) is 0 Å². The van der Waals surface area contributed by atoms with Gasteiger partial charge >= 0.3 is 0 Å². The fraction of sp³-hybridized carbons (Fsp3) is 0.182. The van der Waals surface area contributed by atoms with Gasteiger partial charge in [0.1, 0.15) is 0 Å². The van der Waals surface area contributed by atoms with E-state index in [-0.39, 0.29) is 11.1 Å². The fourth-order valence-corrected chi connectivity index (χ4v) is 1.48. The first-order valence-corrected chi connectivity index (χ1v) is 5.36. The highest BCUT2D eigenvalue weighted by Gasteiger charge is 2.06. The van der Waals surface area contributed by atoms with E-state index in [2.05, 4.69) is 20.3 Å². The average molecular weight is 253 g/mol. The Morgan fingerprint density at radius 2 is 2.24 bits per heavy atom. The second kappa shape index (κ2) is 5.05. The van der Waals surface area contributed by atoms with Crippen molar-refractivity contribution in [2.45, 2.75) is 13.5 Å². The minimum atomic E-state index is -0.527. The van der Waals surface area contributed by atoms with Gasteiger partial charge in [-0.25, -0.2) is 9.37 Å². The van der Waals surface area contributed by atoms with Gasteiger partial charge < -0.3 is 5.32 Å². The smallest absolute Gasteiger partial charge is 0.224 e. The summed E-state index contributed by atoms with van der Waals surface area (Å²) in [7, 11) is 0. The van der Waals surface area contributed by atoms with Gasteiger partial charge in [0.15, 0.2) is 11.6 Å². The minimum absolute atomic E-state index is 0.0142. The predicted molar refractivity (Wildman–Crippen MR) is 63.3 cm³/mol. The summed E-state index contributed by atoms with van der Waals surface area (Å²) in [4.78, 5) is 11.3. The molecule has 2 rings (SSSR count). The Kier molecular flexibility index (Phi) is 3.49. The third-order valence-corrected chi connectivity index (χ3v) is 2.48. The van der Waals surface area contributed by atoms with Crippen molar-refractivity contribution in [1.29, 1.82) is 0 Å². The van der Waals surface area contributed by atoms with Crippen LogP contribution in [0.5, 0.6) is 0 Å². The second-order valence-corrected chi connectivity index (χ2v) is 3.83. The molecule has 0 saturated carbocycles. The average Bonchev–Trinajstić information content (AvgIpc) is 2.32. The topological polar surface area (TPSA) is 50.7 Å². The molecule has 0 amide bonds. The van der Waals surface area contributed by atoms with E-state index in [1.54, 1.807) is 12.4 Å². The number of halogens is 2. The maximum Gasteiger partial charge on any atom is 0.224 e. The van der Waals surface area contributed by atoms with Crippen molar-refractivity contribution >= 4 is 17.4 Å². The summed E-state index contributed by atoms with van der Waals surface area (Å²) < 4.78 is 13.3. The summed E-state index contributed by atoms with van der Waals surface area (Å²) in [5, 5.41) is 2.89. The number of rotatable bonds is 3. The first-order valence-electron chi connectivity index (χ1n) is 4.98. The summed E-state index contributed by atoms with van der Waals surface area (Å²) in [6, 6.07) is 1.86. The molecule has 4 nitrogen and oxygen atoms in total. The Morgan fingerprint density at radius 3 is 3.00 bits per heavy atom. The van der Waals surface area contributed by atoms with E-state index < -0.39 is 5.82 Å². The molecule has 0 aromatic carbocycles. The van der Waals surface area contributed by atoms with Gasteiger partial charge in [0.25, 0.3) is 0 Å². The SMILES string of the molecule is Cc1cnccc1CNc1nc(Cl)ncc1F. The zero-order valence-electron chi connectivity index (χ0n) is 9.11. The molecule has 88 valence electrons. The third-order valence-electron chi connectivity index (χ3n) is 2.30. The van der Waals surface area contributed by atoms with Crippen LogP contribution in [0.2, 0.25) is 5.28 Å². The molecule has 0 aliphatic carbocycles. The van der Waals surface area contributed by atoms with E-state index in [1.807, 2.05) is 13.0 Å². The van der Waals surface area contributed by atoms with Crippen LogP contribution in [-0.4, -0.2) is 15.0 Å². The standard InChI is InChI=1S/C11H10ClFN4/c1-7-4-14-3-2-8(7)5-15-10-9(13)6-16-11(12)17-10/h2-4,6H,5H2,1H3,(H,15,16,17). The van der Waals surface area contributed by atoms with Crippen LogP contribution < -0.4 is 5.32 Å². The lowest BCUT2D eigenvalue weighted by atomic mass is 10.1. The van der Waals surface area contributed by atoms with Gasteiger partial charge in [-0.2, -0.15) is 4.98 Å². The lowest BCUT2D eigenvalue weighted by Gasteiger charge is -2.08. The van der Waals surface area contributed by atoms with Crippen LogP contribution in [0.1, 0.15) is 11.1 Å². The van der Waals surface area contributed by atoms with Crippen LogP contribution in [-0.2, 0) is 6.54 Å². The number of hydrogen-bond donors (Lipinski definition) is 1. The van der Waals surface area contributed by atoms with Crippen LogP contribution in [0, 0.1) is 12.7 Å². The van der Waals surface area contributed by atoms with E-state index in [9.17, 15) is 4.39 Å². The van der Waals surface area contributed by atoms with Crippen molar-refractivity contribution < 1.29 is 4.39 Å². The molecule has 0 radical (unpaired) electrons. The molecular weight excluding hydrogens is 243 g/mol. The van der Waals surface area contributed by atoms with Crippen molar-refractivity contribution in [2.75, 3.05) is 5.32 Å². The largest absolute Gasteiger partial charge is 0.363 e. The molecule has 0 bridgehead atoms. The quantitative estimate of drug-likeness (QED) is 0.853. The van der Waals surface area contributed by atoms with Crippen LogP contribution in [0.3, 0.4) is 0 Å². The summed E-state index contributed by atoms with van der Waals surface area (Å²) in [6.07, 6.45) is 4.48. The minimum Gasteiger partial charge on any atom is -0.363 e. The molecule has 2 aromatic rings. The summed E-state index contributed by atoms with van der Waals surface area (Å²) in [5.41, 5.74) is 2.05. The molecule has 0 aliphatic rings. The molecule has 0 fully saturated rings. The predicted octanol–water partition coefficient (Wildman–Crippen LogP) is 2.58. The molecule has 0 unspecified atom stereocenters. The molecule has 1 N–H and O–H groups in total. The summed E-state index contributed by atoms with van der Waals surface area (Å²) in [6.45, 7) is 2.39. The molecule has 0 aliphatic heterocycles. The van der Waals surface area contributed by atoms with Crippen LogP contribution in [0.4, 0.5) is 10.2 Å². The highest BCUT2D eigenvalue weighted by Crippen LogP contribution is 2.14. The van der Waals surface area contributed by atoms with E-state index in [1.165, 1.54) is 0 Å². The normalized spacial score (nSPS) is 10.3. The third kappa shape index (κ3) is 2.88. The molecule has 17 heavy (non-hydrogen) atoms. The number of nitrogens with zero attached hydrogens (tertiary/aromatic N) is 3. The lowest BCUT2D eigenvalue weighted by Crippen LogP contribution is -2.05. The number of anilines is 1. The van der Waals surface area contributed by atoms with Gasteiger partial charge in [-0.05, 0) is 35.7 Å². The van der Waals surface area contributed by atoms with Gasteiger partial charge in [0.2, 0.25) is 5.28 Å². The lowest BCUT2D eigenvalue weighted by molar-refractivity contribution is 0.616. The van der Waals surface area contributed by atoms with Gasteiger partial charge in [0, 0.05) is 18.9 Å². The monoisotopic (exact) mass is 252 g/mol. The Hall–Kier alpha value is -1.75. The van der Waals surface area contributed by atoms with Crippen molar-refractivity contribution in [3.8, 4) is 0 Å². The Labute approximate surface area is 103 Å². The van der Waals surface area contributed by atoms with Crippen molar-refractivity contribution in [3.63, 3.8) is 0 Å². The Morgan fingerprint density at radius 1 is 1.41 bits per heavy atom. The number of hydrogen-bond acceptors (Lipinski definition) is 4. The zero-order chi connectivity index (χ0) is 12.3. The summed E-state index contributed by atoms with van der Waals surface area (Å²) >= 11 is 5.59. The van der Waals surface area contributed by atoms with E-state index in [0.717, 1.165) is 17.3 Å². The van der Waals surface area contributed by atoms with Gasteiger partial charge in [-0.3, -0.25) is 4.98 Å². The molecule has 0 atom stereocenters. The summed E-state index contributed by atoms with van der Waals surface area (Å²) in [5.74, 6) is -0.428. The Bertz CT molecular complexity index is 533. The number of nitrogens with one attached hydrogen (secondary N) is 1. The number of aromatic nitrogens is 3. The van der Waals surface area contributed by atoms with E-state index in [0.29, 0.717) is 6.54 Å². The van der Waals surface area contributed by atoms with E-state index >= 15 is 0 Å². The van der Waals surface area contributed by atoms with Crippen molar-refractivity contribution in [2.24, 2.45) is 0 Å². The molecule has 2 heterocycles. The molecular formula is C11H10ClFN4. The van der Waals surface area contributed by atoms with E-state index in [4.69, 9.17) is 11.6 Å². The van der Waals surface area contributed by atoms with Gasteiger partial charge in [0.05, 0.1) is 6.20 Å². The zero-order valence-corrected chi connectivity index (χ0v) is 9.87.